The second-order valence-electron chi connectivity index (χ2n) is 7.65. The number of nitrogens with one attached hydrogen (secondary N) is 2. The summed E-state index contributed by atoms with van der Waals surface area (Å²) in [6.07, 6.45) is 2.84. The van der Waals surface area contributed by atoms with E-state index >= 15 is 0 Å². The Kier molecular flexibility index (Phi) is 5.73. The second-order valence-corrected chi connectivity index (χ2v) is 8.43. The predicted molar refractivity (Wildman–Crippen MR) is 124 cm³/mol. The van der Waals surface area contributed by atoms with Crippen molar-refractivity contribution in [1.29, 1.82) is 0 Å². The summed E-state index contributed by atoms with van der Waals surface area (Å²) in [6, 6.07) is 6.07. The molecule has 0 radical (unpaired) electrons. The molecule has 3 aromatic heterocycles. The Morgan fingerprint density at radius 2 is 1.97 bits per heavy atom. The van der Waals surface area contributed by atoms with Gasteiger partial charge in [-0.3, -0.25) is 9.99 Å². The van der Waals surface area contributed by atoms with Crippen LogP contribution in [0.3, 0.4) is 0 Å². The summed E-state index contributed by atoms with van der Waals surface area (Å²) in [5.41, 5.74) is 1.97. The van der Waals surface area contributed by atoms with E-state index in [9.17, 15) is 9.18 Å². The lowest BCUT2D eigenvalue weighted by Gasteiger charge is -2.28. The molecule has 1 aliphatic rings. The quantitative estimate of drug-likeness (QED) is 0.417. The number of imidazole rings is 1. The monoisotopic (exact) mass is 491 g/mol. The zero-order chi connectivity index (χ0) is 23.1. The summed E-state index contributed by atoms with van der Waals surface area (Å²) in [4.78, 5) is 27.4. The molecule has 4 heterocycles. The molecule has 4 aromatic rings. The average molecular weight is 492 g/mol. The molecule has 5 rings (SSSR count). The molecule has 172 valence electrons. The standard InChI is InChI=1S/C21H20Cl2FN7O2/c1-12(18-14(22)2-3-15(24)19(18)23)33-31-17-5-4-16(27-20(17)28-21(31)32)13-10-26-30(11-13)29-8-6-25-7-9-29/h2-5,10-12,25H,6-9H2,1H3,(H,27,28,32). The van der Waals surface area contributed by atoms with Gasteiger partial charge in [0.1, 0.15) is 11.3 Å². The molecule has 0 aliphatic carbocycles. The first kappa shape index (κ1) is 21.7. The van der Waals surface area contributed by atoms with E-state index in [2.05, 4.69) is 25.4 Å². The first-order chi connectivity index (χ1) is 15.9. The van der Waals surface area contributed by atoms with Crippen LogP contribution in [0, 0.1) is 5.82 Å². The first-order valence-electron chi connectivity index (χ1n) is 10.4. The SMILES string of the molecule is CC(On1c(=O)[nH]c2nc(-c3cnn(N4CCNCC4)c3)ccc21)c1c(Cl)ccc(F)c1Cl. The number of pyridine rings is 1. The van der Waals surface area contributed by atoms with E-state index in [0.717, 1.165) is 36.5 Å². The van der Waals surface area contributed by atoms with Crippen molar-refractivity contribution < 1.29 is 9.23 Å². The van der Waals surface area contributed by atoms with E-state index in [-0.39, 0.29) is 15.6 Å². The van der Waals surface area contributed by atoms with Crippen molar-refractivity contribution in [2.45, 2.75) is 13.0 Å². The molecule has 1 aliphatic heterocycles. The minimum atomic E-state index is -0.797. The van der Waals surface area contributed by atoms with Crippen molar-refractivity contribution in [2.24, 2.45) is 0 Å². The number of hydrogen-bond acceptors (Lipinski definition) is 6. The van der Waals surface area contributed by atoms with Crippen molar-refractivity contribution in [2.75, 3.05) is 31.2 Å². The maximum absolute atomic E-state index is 13.9. The normalized spacial score (nSPS) is 15.2. The Morgan fingerprint density at radius 1 is 1.18 bits per heavy atom. The number of benzene rings is 1. The molecule has 0 spiro atoms. The van der Waals surface area contributed by atoms with Crippen molar-refractivity contribution in [1.82, 2.24) is 29.9 Å². The van der Waals surface area contributed by atoms with Gasteiger partial charge in [0, 0.05) is 42.3 Å². The van der Waals surface area contributed by atoms with Crippen LogP contribution in [0.4, 0.5) is 4.39 Å². The lowest BCUT2D eigenvalue weighted by Crippen LogP contribution is -2.49. The van der Waals surface area contributed by atoms with Crippen molar-refractivity contribution in [3.05, 3.63) is 68.6 Å². The number of nitrogens with zero attached hydrogens (tertiary/aromatic N) is 5. The molecule has 0 amide bonds. The van der Waals surface area contributed by atoms with Crippen LogP contribution in [0.2, 0.25) is 10.0 Å². The van der Waals surface area contributed by atoms with Crippen LogP contribution >= 0.6 is 23.2 Å². The summed E-state index contributed by atoms with van der Waals surface area (Å²) in [6.45, 7) is 5.15. The molecule has 1 saturated heterocycles. The molecule has 12 heteroatoms. The molecule has 0 bridgehead atoms. The van der Waals surface area contributed by atoms with Gasteiger partial charge in [-0.2, -0.15) is 9.89 Å². The van der Waals surface area contributed by atoms with E-state index in [0.29, 0.717) is 16.9 Å². The Balaban J connectivity index is 1.44. The van der Waals surface area contributed by atoms with E-state index < -0.39 is 17.6 Å². The third kappa shape index (κ3) is 4.05. The second kappa shape index (κ2) is 8.69. The van der Waals surface area contributed by atoms with Gasteiger partial charge >= 0.3 is 5.69 Å². The topological polar surface area (TPSA) is 93.0 Å². The minimum absolute atomic E-state index is 0.148. The summed E-state index contributed by atoms with van der Waals surface area (Å²) >= 11 is 12.3. The van der Waals surface area contributed by atoms with Gasteiger partial charge in [0.15, 0.2) is 11.8 Å². The molecule has 2 N–H and O–H groups in total. The third-order valence-electron chi connectivity index (χ3n) is 5.50. The fraction of sp³-hybridized carbons (Fsp3) is 0.286. The average Bonchev–Trinajstić information content (AvgIpc) is 3.42. The van der Waals surface area contributed by atoms with Gasteiger partial charge in [0.2, 0.25) is 0 Å². The smallest absolute Gasteiger partial charge is 0.360 e. The van der Waals surface area contributed by atoms with E-state index in [1.807, 2.05) is 11.0 Å². The first-order valence-corrected chi connectivity index (χ1v) is 11.1. The number of rotatable bonds is 5. The van der Waals surface area contributed by atoms with Crippen LogP contribution in [0.1, 0.15) is 18.6 Å². The Hall–Kier alpha value is -3.08. The van der Waals surface area contributed by atoms with Crippen LogP contribution in [0.15, 0.2) is 41.5 Å². The van der Waals surface area contributed by atoms with Crippen molar-refractivity contribution in [3.8, 4) is 11.3 Å². The van der Waals surface area contributed by atoms with Crippen LogP contribution in [0.5, 0.6) is 0 Å². The summed E-state index contributed by atoms with van der Waals surface area (Å²) < 4.78 is 15.0. The van der Waals surface area contributed by atoms with E-state index in [1.165, 1.54) is 12.1 Å². The predicted octanol–water partition coefficient (Wildman–Crippen LogP) is 2.77. The van der Waals surface area contributed by atoms with Gasteiger partial charge in [-0.05, 0) is 31.2 Å². The summed E-state index contributed by atoms with van der Waals surface area (Å²) in [5, 5.41) is 9.96. The maximum atomic E-state index is 13.9. The summed E-state index contributed by atoms with van der Waals surface area (Å²) in [7, 11) is 0. The molecular weight excluding hydrogens is 472 g/mol. The highest BCUT2D eigenvalue weighted by Crippen LogP contribution is 2.33. The number of fused-ring (bicyclic) bond motifs is 1. The number of hydrogen-bond donors (Lipinski definition) is 2. The van der Waals surface area contributed by atoms with Gasteiger partial charge in [-0.15, -0.1) is 4.73 Å². The van der Waals surface area contributed by atoms with Gasteiger partial charge in [0.05, 0.1) is 23.1 Å². The van der Waals surface area contributed by atoms with Gasteiger partial charge in [-0.1, -0.05) is 23.2 Å². The van der Waals surface area contributed by atoms with Crippen LogP contribution in [-0.2, 0) is 0 Å². The highest BCUT2D eigenvalue weighted by atomic mass is 35.5. The van der Waals surface area contributed by atoms with Crippen LogP contribution in [0.25, 0.3) is 22.4 Å². The zero-order valence-electron chi connectivity index (χ0n) is 17.6. The largest absolute Gasteiger partial charge is 0.401 e. The number of aromatic amines is 1. The van der Waals surface area contributed by atoms with E-state index in [1.54, 1.807) is 25.3 Å². The molecule has 0 saturated carbocycles. The van der Waals surface area contributed by atoms with Crippen molar-refractivity contribution in [3.63, 3.8) is 0 Å². The van der Waals surface area contributed by atoms with Crippen LogP contribution < -0.4 is 20.9 Å². The van der Waals surface area contributed by atoms with Gasteiger partial charge in [0.25, 0.3) is 0 Å². The Bertz CT molecular complexity index is 1380. The summed E-state index contributed by atoms with van der Waals surface area (Å²) in [5.74, 6) is -0.620. The van der Waals surface area contributed by atoms with Crippen LogP contribution in [-0.4, -0.2) is 50.8 Å². The highest BCUT2D eigenvalue weighted by molar-refractivity contribution is 6.36. The zero-order valence-corrected chi connectivity index (χ0v) is 19.1. The third-order valence-corrected chi connectivity index (χ3v) is 6.21. The fourth-order valence-electron chi connectivity index (χ4n) is 3.82. The number of H-pyrrole nitrogens is 1. The molecule has 1 unspecified atom stereocenters. The van der Waals surface area contributed by atoms with Gasteiger partial charge < -0.3 is 10.2 Å². The molecule has 1 atom stereocenters. The maximum Gasteiger partial charge on any atom is 0.360 e. The lowest BCUT2D eigenvalue weighted by molar-refractivity contribution is 0.0492. The molecule has 1 fully saturated rings. The van der Waals surface area contributed by atoms with E-state index in [4.69, 9.17) is 28.0 Å². The lowest BCUT2D eigenvalue weighted by atomic mass is 10.1. The molecular formula is C21H20Cl2FN7O2. The molecule has 33 heavy (non-hydrogen) atoms. The number of piperazine rings is 1. The highest BCUT2D eigenvalue weighted by Gasteiger charge is 2.21. The Morgan fingerprint density at radius 3 is 2.76 bits per heavy atom. The fourth-order valence-corrected chi connectivity index (χ4v) is 4.50. The van der Waals surface area contributed by atoms with Crippen molar-refractivity contribution >= 4 is 34.4 Å². The number of aromatic nitrogens is 5. The Labute approximate surface area is 197 Å². The molecule has 9 nitrogen and oxygen atoms in total. The number of halogens is 3. The minimum Gasteiger partial charge on any atom is -0.401 e. The molecule has 1 aromatic carbocycles. The van der Waals surface area contributed by atoms with Gasteiger partial charge in [-0.25, -0.2) is 14.2 Å².